The van der Waals surface area contributed by atoms with Gasteiger partial charge < -0.3 is 10.2 Å². The van der Waals surface area contributed by atoms with Crippen molar-refractivity contribution in [3.8, 4) is 0 Å². The van der Waals surface area contributed by atoms with Crippen molar-refractivity contribution in [3.05, 3.63) is 39.5 Å². The van der Waals surface area contributed by atoms with Gasteiger partial charge in [-0.25, -0.2) is 8.42 Å². The fourth-order valence-corrected chi connectivity index (χ4v) is 4.58. The smallest absolute Gasteiger partial charge is 0.244 e. The summed E-state index contributed by atoms with van der Waals surface area (Å²) in [7, 11) is -1.93. The Hall–Kier alpha value is -1.15. The summed E-state index contributed by atoms with van der Waals surface area (Å²) in [5, 5.41) is 0. The minimum absolute atomic E-state index is 0.290. The van der Waals surface area contributed by atoms with Crippen LogP contribution in [-0.4, -0.2) is 19.8 Å². The molecule has 0 unspecified atom stereocenters. The maximum absolute atomic E-state index is 12.6. The molecule has 0 atom stereocenters. The Morgan fingerprint density at radius 1 is 1.40 bits per heavy atom. The third-order valence-corrected chi connectivity index (χ3v) is 6.30. The van der Waals surface area contributed by atoms with Crippen LogP contribution in [-0.2, 0) is 23.1 Å². The Kier molecular flexibility index (Phi) is 4.33. The summed E-state index contributed by atoms with van der Waals surface area (Å²) >= 11 is 1.42. The molecule has 0 aliphatic rings. The second-order valence-electron chi connectivity index (χ2n) is 4.60. The highest BCUT2D eigenvalue weighted by Gasteiger charge is 2.25. The van der Waals surface area contributed by atoms with Crippen LogP contribution in [0.1, 0.15) is 21.1 Å². The second kappa shape index (κ2) is 5.69. The van der Waals surface area contributed by atoms with Gasteiger partial charge in [0.1, 0.15) is 5.76 Å². The summed E-state index contributed by atoms with van der Waals surface area (Å²) in [5.74, 6) is 0.733. The van der Waals surface area contributed by atoms with Crippen molar-refractivity contribution in [3.63, 3.8) is 0 Å². The summed E-state index contributed by atoms with van der Waals surface area (Å²) in [6.07, 6.45) is 1.56. The minimum atomic E-state index is -3.51. The summed E-state index contributed by atoms with van der Waals surface area (Å²) in [4.78, 5) is 1.97. The van der Waals surface area contributed by atoms with Crippen LogP contribution in [0.3, 0.4) is 0 Å². The van der Waals surface area contributed by atoms with Crippen molar-refractivity contribution in [2.24, 2.45) is 5.73 Å². The molecule has 0 aliphatic carbocycles. The number of hydrogen-bond acceptors (Lipinski definition) is 5. The quantitative estimate of drug-likeness (QED) is 0.918. The topological polar surface area (TPSA) is 76.5 Å². The van der Waals surface area contributed by atoms with Gasteiger partial charge in [-0.3, -0.25) is 0 Å². The first-order valence-corrected chi connectivity index (χ1v) is 8.40. The molecule has 0 saturated heterocycles. The number of nitrogens with zero attached hydrogens (tertiary/aromatic N) is 1. The molecule has 110 valence electrons. The van der Waals surface area contributed by atoms with Crippen LogP contribution in [0.15, 0.2) is 27.7 Å². The number of rotatable bonds is 5. The van der Waals surface area contributed by atoms with Gasteiger partial charge in [-0.1, -0.05) is 0 Å². The fourth-order valence-electron chi connectivity index (χ4n) is 1.95. The van der Waals surface area contributed by atoms with E-state index in [1.807, 2.05) is 6.92 Å². The molecule has 0 bridgehead atoms. The van der Waals surface area contributed by atoms with E-state index in [0.717, 1.165) is 21.1 Å². The molecule has 2 rings (SSSR count). The molecule has 2 N–H and O–H groups in total. The van der Waals surface area contributed by atoms with Gasteiger partial charge >= 0.3 is 0 Å². The first-order chi connectivity index (χ1) is 9.36. The molecule has 0 saturated carbocycles. The molecular formula is C13H18N2O3S2. The Morgan fingerprint density at radius 2 is 2.10 bits per heavy atom. The fraction of sp³-hybridized carbons (Fsp3) is 0.385. The SMILES string of the molecule is Cc1occc1CN(C)S(=O)(=O)c1cc(CN)sc1C. The molecule has 0 aliphatic heterocycles. The normalized spacial score (nSPS) is 12.2. The Morgan fingerprint density at radius 3 is 2.60 bits per heavy atom. The third kappa shape index (κ3) is 2.80. The molecule has 0 radical (unpaired) electrons. The molecule has 0 spiro atoms. The summed E-state index contributed by atoms with van der Waals surface area (Å²) in [6, 6.07) is 3.45. The van der Waals surface area contributed by atoms with Crippen molar-refractivity contribution in [2.45, 2.75) is 31.8 Å². The van der Waals surface area contributed by atoms with Gasteiger partial charge in [-0.2, -0.15) is 4.31 Å². The highest BCUT2D eigenvalue weighted by molar-refractivity contribution is 7.89. The van der Waals surface area contributed by atoms with Crippen molar-refractivity contribution in [2.75, 3.05) is 7.05 Å². The van der Waals surface area contributed by atoms with Crippen molar-refractivity contribution in [1.29, 1.82) is 0 Å². The number of sulfonamides is 1. The Bertz CT molecular complexity index is 701. The molecule has 2 aromatic rings. The summed E-state index contributed by atoms with van der Waals surface area (Å²) < 4.78 is 31.7. The van der Waals surface area contributed by atoms with Crippen molar-refractivity contribution >= 4 is 21.4 Å². The van der Waals surface area contributed by atoms with E-state index in [2.05, 4.69) is 0 Å². The zero-order valence-corrected chi connectivity index (χ0v) is 13.3. The lowest BCUT2D eigenvalue weighted by atomic mass is 10.3. The third-order valence-electron chi connectivity index (χ3n) is 3.17. The highest BCUT2D eigenvalue weighted by atomic mass is 32.2. The molecule has 7 heteroatoms. The van der Waals surface area contributed by atoms with Crippen LogP contribution < -0.4 is 5.73 Å². The first-order valence-electron chi connectivity index (χ1n) is 6.15. The number of thiophene rings is 1. The number of furan rings is 1. The monoisotopic (exact) mass is 314 g/mol. The zero-order chi connectivity index (χ0) is 14.9. The van der Waals surface area contributed by atoms with Crippen LogP contribution in [0, 0.1) is 13.8 Å². The lowest BCUT2D eigenvalue weighted by molar-refractivity contribution is 0.459. The molecule has 2 aromatic heterocycles. The maximum atomic E-state index is 12.6. The number of nitrogens with two attached hydrogens (primary N) is 1. The predicted molar refractivity (Wildman–Crippen MR) is 79.0 cm³/mol. The van der Waals surface area contributed by atoms with Crippen molar-refractivity contribution < 1.29 is 12.8 Å². The lowest BCUT2D eigenvalue weighted by Crippen LogP contribution is -2.26. The van der Waals surface area contributed by atoms with Crippen LogP contribution in [0.2, 0.25) is 0 Å². The first kappa shape index (κ1) is 15.2. The second-order valence-corrected chi connectivity index (χ2v) is 7.95. The standard InChI is InChI=1S/C13H18N2O3S2/c1-9-11(4-5-18-9)8-15(3)20(16,17)13-6-12(7-14)19-10(13)2/h4-6H,7-8,14H2,1-3H3. The van der Waals surface area contributed by atoms with Gasteiger partial charge in [0.2, 0.25) is 10.0 Å². The van der Waals surface area contributed by atoms with E-state index in [4.69, 9.17) is 10.2 Å². The molecule has 0 fully saturated rings. The van der Waals surface area contributed by atoms with Gasteiger partial charge in [0.05, 0.1) is 11.2 Å². The molecule has 20 heavy (non-hydrogen) atoms. The number of aryl methyl sites for hydroxylation is 2. The average Bonchev–Trinajstić information content (AvgIpc) is 2.96. The van der Waals surface area contributed by atoms with Crippen LogP contribution >= 0.6 is 11.3 Å². The van der Waals surface area contributed by atoms with Gasteiger partial charge in [0.15, 0.2) is 0 Å². The van der Waals surface area contributed by atoms with Gasteiger partial charge in [0, 0.05) is 35.5 Å². The van der Waals surface area contributed by atoms with Crippen LogP contribution in [0.4, 0.5) is 0 Å². The maximum Gasteiger partial charge on any atom is 0.244 e. The van der Waals surface area contributed by atoms with Gasteiger partial charge in [0.25, 0.3) is 0 Å². The van der Waals surface area contributed by atoms with Crippen LogP contribution in [0.5, 0.6) is 0 Å². The largest absolute Gasteiger partial charge is 0.469 e. The van der Waals surface area contributed by atoms with E-state index in [1.54, 1.807) is 32.4 Å². The molecule has 0 aromatic carbocycles. The number of hydrogen-bond donors (Lipinski definition) is 1. The molecule has 2 heterocycles. The van der Waals surface area contributed by atoms with E-state index < -0.39 is 10.0 Å². The average molecular weight is 314 g/mol. The van der Waals surface area contributed by atoms with Gasteiger partial charge in [-0.15, -0.1) is 11.3 Å². The zero-order valence-electron chi connectivity index (χ0n) is 11.7. The van der Waals surface area contributed by atoms with E-state index in [9.17, 15) is 8.42 Å². The highest BCUT2D eigenvalue weighted by Crippen LogP contribution is 2.28. The summed E-state index contributed by atoms with van der Waals surface area (Å²) in [6.45, 7) is 4.26. The molecular weight excluding hydrogens is 296 g/mol. The summed E-state index contributed by atoms with van der Waals surface area (Å²) in [5.41, 5.74) is 6.43. The van der Waals surface area contributed by atoms with E-state index in [-0.39, 0.29) is 6.54 Å². The predicted octanol–water partition coefficient (Wildman–Crippen LogP) is 2.24. The van der Waals surface area contributed by atoms with Crippen LogP contribution in [0.25, 0.3) is 0 Å². The minimum Gasteiger partial charge on any atom is -0.469 e. The molecule has 5 nitrogen and oxygen atoms in total. The van der Waals surface area contributed by atoms with Gasteiger partial charge in [-0.05, 0) is 26.0 Å². The lowest BCUT2D eigenvalue weighted by Gasteiger charge is -2.16. The Labute approximate surface area is 123 Å². The van der Waals surface area contributed by atoms with E-state index >= 15 is 0 Å². The molecule has 0 amide bonds. The Balaban J connectivity index is 2.29. The van der Waals surface area contributed by atoms with Crippen molar-refractivity contribution in [1.82, 2.24) is 4.31 Å². The van der Waals surface area contributed by atoms with E-state index in [0.29, 0.717) is 11.4 Å². The van der Waals surface area contributed by atoms with E-state index in [1.165, 1.54) is 15.6 Å².